The summed E-state index contributed by atoms with van der Waals surface area (Å²) in [6.07, 6.45) is 1.12. The summed E-state index contributed by atoms with van der Waals surface area (Å²) in [5.74, 6) is 0.120. The van der Waals surface area contributed by atoms with Crippen LogP contribution in [0.1, 0.15) is 34.3 Å². The molecule has 1 aromatic heterocycles. The number of hydrogen-bond acceptors (Lipinski definition) is 6. The highest BCUT2D eigenvalue weighted by atomic mass is 32.1. The Bertz CT molecular complexity index is 1160. The van der Waals surface area contributed by atoms with Crippen LogP contribution < -0.4 is 5.32 Å². The topological polar surface area (TPSA) is 91.8 Å². The molecule has 0 radical (unpaired) electrons. The summed E-state index contributed by atoms with van der Waals surface area (Å²) in [5, 5.41) is 12.5. The van der Waals surface area contributed by atoms with E-state index >= 15 is 0 Å². The zero-order valence-corrected chi connectivity index (χ0v) is 17.2. The number of aromatic nitrogens is 1. The molecular weight excluding hydrogens is 402 g/mol. The third kappa shape index (κ3) is 2.99. The lowest BCUT2D eigenvalue weighted by molar-refractivity contribution is -0.0616. The number of rotatable bonds is 2. The Labute approximate surface area is 177 Å². The molecule has 1 aliphatic carbocycles. The van der Waals surface area contributed by atoms with Crippen LogP contribution in [0.4, 0.5) is 4.79 Å². The van der Waals surface area contributed by atoms with Gasteiger partial charge in [0.15, 0.2) is 0 Å². The number of aromatic hydroxyl groups is 1. The highest BCUT2D eigenvalue weighted by Gasteiger charge is 2.50. The predicted octanol–water partition coefficient (Wildman–Crippen LogP) is 3.41. The maximum Gasteiger partial charge on any atom is 0.407 e. The van der Waals surface area contributed by atoms with Gasteiger partial charge < -0.3 is 20.1 Å². The average molecular weight is 423 g/mol. The molecule has 2 N–H and O–H groups in total. The molecule has 30 heavy (non-hydrogen) atoms. The van der Waals surface area contributed by atoms with Gasteiger partial charge in [-0.05, 0) is 42.3 Å². The second kappa shape index (κ2) is 6.98. The number of ether oxygens (including phenoxy) is 1. The van der Waals surface area contributed by atoms with Crippen LogP contribution in [-0.2, 0) is 16.8 Å². The average Bonchev–Trinajstić information content (AvgIpc) is 3.22. The van der Waals surface area contributed by atoms with Crippen molar-refractivity contribution in [2.24, 2.45) is 0 Å². The Morgan fingerprint density at radius 3 is 3.00 bits per heavy atom. The van der Waals surface area contributed by atoms with Crippen molar-refractivity contribution in [1.82, 2.24) is 15.2 Å². The van der Waals surface area contributed by atoms with Gasteiger partial charge in [-0.1, -0.05) is 6.07 Å². The lowest BCUT2D eigenvalue weighted by atomic mass is 9.71. The maximum atomic E-state index is 13.4. The molecule has 2 heterocycles. The fourth-order valence-electron chi connectivity index (χ4n) is 4.72. The minimum atomic E-state index is -0.852. The van der Waals surface area contributed by atoms with Crippen molar-refractivity contribution < 1.29 is 19.4 Å². The van der Waals surface area contributed by atoms with E-state index in [-0.39, 0.29) is 17.7 Å². The normalized spacial score (nSPS) is 22.4. The number of hydrogen-bond donors (Lipinski definition) is 2. The standard InChI is InChI=1S/C22H21N3O4S/c1-23-21(28)29-22-6-7-25(15(11-22)8-13-2-4-16(26)10-17(13)22)20(27)14-3-5-18-19(9-14)30-12-24-18/h2-5,9-10,12,15,26H,6-8,11H2,1H3,(H,23,28). The number of alkyl carbamates (subject to hydrolysis) is 1. The second-order valence-corrected chi connectivity index (χ2v) is 8.71. The summed E-state index contributed by atoms with van der Waals surface area (Å²) in [6.45, 7) is 0.469. The fraction of sp³-hybridized carbons (Fsp3) is 0.318. The number of thiazole rings is 1. The molecule has 0 spiro atoms. The molecule has 7 nitrogen and oxygen atoms in total. The number of phenols is 1. The number of benzene rings is 2. The van der Waals surface area contributed by atoms with Gasteiger partial charge >= 0.3 is 6.09 Å². The second-order valence-electron chi connectivity index (χ2n) is 7.82. The summed E-state index contributed by atoms with van der Waals surface area (Å²) in [7, 11) is 1.52. The Hall–Kier alpha value is -3.13. The molecule has 2 unspecified atom stereocenters. The number of likely N-dealkylation sites (tertiary alicyclic amines) is 1. The zero-order chi connectivity index (χ0) is 20.9. The summed E-state index contributed by atoms with van der Waals surface area (Å²) in [6, 6.07) is 10.7. The molecule has 154 valence electrons. The SMILES string of the molecule is CNC(=O)OC12CCN(C(=O)c3ccc4ncsc4c3)C(Cc3ccc(O)cc31)C2. The van der Waals surface area contributed by atoms with Crippen molar-refractivity contribution in [1.29, 1.82) is 0 Å². The number of amides is 2. The minimum absolute atomic E-state index is 0.0222. The van der Waals surface area contributed by atoms with Crippen LogP contribution in [0.5, 0.6) is 5.75 Å². The molecular formula is C22H21N3O4S. The Morgan fingerprint density at radius 2 is 2.17 bits per heavy atom. The van der Waals surface area contributed by atoms with Crippen molar-refractivity contribution in [2.75, 3.05) is 13.6 Å². The van der Waals surface area contributed by atoms with Crippen LogP contribution in [0.25, 0.3) is 10.2 Å². The van der Waals surface area contributed by atoms with Crippen molar-refractivity contribution in [3.05, 3.63) is 58.6 Å². The molecule has 5 rings (SSSR count). The highest BCUT2D eigenvalue weighted by molar-refractivity contribution is 7.16. The van der Waals surface area contributed by atoms with Gasteiger partial charge in [-0.2, -0.15) is 0 Å². The lowest BCUT2D eigenvalue weighted by Gasteiger charge is -2.50. The molecule has 8 heteroatoms. The first-order chi connectivity index (χ1) is 14.5. The molecule has 2 atom stereocenters. The van der Waals surface area contributed by atoms with Gasteiger partial charge in [0, 0.05) is 43.6 Å². The summed E-state index contributed by atoms with van der Waals surface area (Å²) in [4.78, 5) is 31.7. The van der Waals surface area contributed by atoms with Gasteiger partial charge in [0.1, 0.15) is 11.4 Å². The number of fused-ring (bicyclic) bond motifs is 5. The fourth-order valence-corrected chi connectivity index (χ4v) is 5.44. The quantitative estimate of drug-likeness (QED) is 0.659. The Balaban J connectivity index is 1.50. The first-order valence-electron chi connectivity index (χ1n) is 9.86. The summed E-state index contributed by atoms with van der Waals surface area (Å²) in [5.41, 5.74) is 4.28. The molecule has 2 amide bonds. The van der Waals surface area contributed by atoms with Gasteiger partial charge in [-0.3, -0.25) is 4.79 Å². The van der Waals surface area contributed by atoms with Crippen molar-refractivity contribution in [3.63, 3.8) is 0 Å². The molecule has 2 aliphatic rings. The van der Waals surface area contributed by atoms with Gasteiger partial charge in [0.05, 0.1) is 15.7 Å². The molecule has 1 saturated heterocycles. The van der Waals surface area contributed by atoms with E-state index in [1.807, 2.05) is 29.2 Å². The van der Waals surface area contributed by atoms with E-state index in [1.54, 1.807) is 17.6 Å². The summed E-state index contributed by atoms with van der Waals surface area (Å²) < 4.78 is 6.84. The predicted molar refractivity (Wildman–Crippen MR) is 113 cm³/mol. The molecule has 1 aliphatic heterocycles. The lowest BCUT2D eigenvalue weighted by Crippen LogP contribution is -2.56. The van der Waals surface area contributed by atoms with Gasteiger partial charge in [-0.25, -0.2) is 9.78 Å². The Kier molecular flexibility index (Phi) is 4.39. The van der Waals surface area contributed by atoms with Crippen molar-refractivity contribution in [2.45, 2.75) is 30.9 Å². The number of nitrogens with zero attached hydrogens (tertiary/aromatic N) is 2. The molecule has 2 aromatic carbocycles. The van der Waals surface area contributed by atoms with Crippen LogP contribution in [-0.4, -0.2) is 46.6 Å². The first-order valence-corrected chi connectivity index (χ1v) is 10.7. The molecule has 0 saturated carbocycles. The smallest absolute Gasteiger partial charge is 0.407 e. The van der Waals surface area contributed by atoms with Crippen LogP contribution in [0.15, 0.2) is 41.9 Å². The van der Waals surface area contributed by atoms with Crippen LogP contribution in [0.3, 0.4) is 0 Å². The zero-order valence-electron chi connectivity index (χ0n) is 16.4. The molecule has 1 fully saturated rings. The molecule has 2 bridgehead atoms. The van der Waals surface area contributed by atoms with Gasteiger partial charge in [0.2, 0.25) is 0 Å². The summed E-state index contributed by atoms with van der Waals surface area (Å²) >= 11 is 1.51. The maximum absolute atomic E-state index is 13.4. The highest BCUT2D eigenvalue weighted by Crippen LogP contribution is 2.47. The van der Waals surface area contributed by atoms with E-state index in [2.05, 4.69) is 10.3 Å². The third-order valence-electron chi connectivity index (χ3n) is 6.13. The van der Waals surface area contributed by atoms with Crippen molar-refractivity contribution in [3.8, 4) is 5.75 Å². The number of phenolic OH excluding ortho intramolecular Hbond substituents is 1. The number of nitrogens with one attached hydrogen (secondary N) is 1. The number of piperidine rings is 1. The monoisotopic (exact) mass is 423 g/mol. The number of carbonyl (C=O) groups is 2. The van der Waals surface area contributed by atoms with Gasteiger partial charge in [-0.15, -0.1) is 11.3 Å². The van der Waals surface area contributed by atoms with Gasteiger partial charge in [0.25, 0.3) is 5.91 Å². The molecule has 3 aromatic rings. The van der Waals surface area contributed by atoms with E-state index in [0.717, 1.165) is 21.3 Å². The van der Waals surface area contributed by atoms with Crippen LogP contribution >= 0.6 is 11.3 Å². The van der Waals surface area contributed by atoms with Crippen molar-refractivity contribution >= 4 is 33.6 Å². The Morgan fingerprint density at radius 1 is 1.30 bits per heavy atom. The number of carbonyl (C=O) groups excluding carboxylic acids is 2. The van der Waals surface area contributed by atoms with E-state index in [4.69, 9.17) is 4.74 Å². The largest absolute Gasteiger partial charge is 0.508 e. The minimum Gasteiger partial charge on any atom is -0.508 e. The van der Waals surface area contributed by atoms with E-state index in [0.29, 0.717) is 31.4 Å². The van der Waals surface area contributed by atoms with E-state index in [1.165, 1.54) is 18.4 Å². The van der Waals surface area contributed by atoms with E-state index in [9.17, 15) is 14.7 Å². The third-order valence-corrected chi connectivity index (χ3v) is 6.93. The first kappa shape index (κ1) is 18.9. The van der Waals surface area contributed by atoms with Crippen LogP contribution in [0.2, 0.25) is 0 Å². The van der Waals surface area contributed by atoms with E-state index < -0.39 is 11.7 Å². The van der Waals surface area contributed by atoms with Crippen LogP contribution in [0, 0.1) is 0 Å².